The van der Waals surface area contributed by atoms with Crippen LogP contribution in [0, 0.1) is 6.92 Å². The Kier molecular flexibility index (Phi) is 5.57. The van der Waals surface area contributed by atoms with Crippen molar-refractivity contribution in [3.63, 3.8) is 0 Å². The number of aryl methyl sites for hydroxylation is 1. The zero-order chi connectivity index (χ0) is 18.0. The number of nitrogens with zero attached hydrogens (tertiary/aromatic N) is 4. The van der Waals surface area contributed by atoms with Crippen LogP contribution >= 0.6 is 11.3 Å². The van der Waals surface area contributed by atoms with E-state index in [0.29, 0.717) is 19.6 Å². The van der Waals surface area contributed by atoms with Gasteiger partial charge in [0.2, 0.25) is 15.0 Å². The van der Waals surface area contributed by atoms with E-state index in [1.807, 2.05) is 14.0 Å². The van der Waals surface area contributed by atoms with Gasteiger partial charge in [-0.15, -0.1) is 11.3 Å². The van der Waals surface area contributed by atoms with E-state index < -0.39 is 9.84 Å². The van der Waals surface area contributed by atoms with Gasteiger partial charge in [-0.3, -0.25) is 4.90 Å². The maximum atomic E-state index is 12.1. The van der Waals surface area contributed by atoms with E-state index in [0.717, 1.165) is 35.8 Å². The lowest BCUT2D eigenvalue weighted by atomic mass is 10.2. The summed E-state index contributed by atoms with van der Waals surface area (Å²) in [6, 6.07) is 0. The van der Waals surface area contributed by atoms with E-state index in [1.54, 1.807) is 22.1 Å². The van der Waals surface area contributed by atoms with Crippen LogP contribution in [0.1, 0.15) is 29.2 Å². The summed E-state index contributed by atoms with van der Waals surface area (Å²) in [7, 11) is -1.38. The van der Waals surface area contributed by atoms with E-state index in [-0.39, 0.29) is 11.3 Å². The van der Waals surface area contributed by atoms with E-state index in [1.165, 1.54) is 6.26 Å². The van der Waals surface area contributed by atoms with Gasteiger partial charge in [-0.05, 0) is 26.8 Å². The van der Waals surface area contributed by atoms with Crippen LogP contribution in [0.2, 0.25) is 0 Å². The normalized spacial score (nSPS) is 18.3. The van der Waals surface area contributed by atoms with E-state index in [9.17, 15) is 8.42 Å². The van der Waals surface area contributed by atoms with Crippen molar-refractivity contribution in [3.8, 4) is 0 Å². The van der Waals surface area contributed by atoms with Crippen molar-refractivity contribution in [2.45, 2.75) is 50.7 Å². The van der Waals surface area contributed by atoms with Crippen LogP contribution in [0.15, 0.2) is 16.7 Å². The van der Waals surface area contributed by atoms with Gasteiger partial charge in [-0.1, -0.05) is 0 Å². The molecule has 7 nitrogen and oxygen atoms in total. The lowest BCUT2D eigenvalue weighted by molar-refractivity contribution is 0.0934. The predicted octanol–water partition coefficient (Wildman–Crippen LogP) is 1.86. The molecule has 2 aromatic heterocycles. The van der Waals surface area contributed by atoms with Gasteiger partial charge in [0.25, 0.3) is 0 Å². The second-order valence-electron chi connectivity index (χ2n) is 6.58. The molecule has 1 atom stereocenters. The quantitative estimate of drug-likeness (QED) is 0.725. The Morgan fingerprint density at radius 3 is 2.84 bits per heavy atom. The highest BCUT2D eigenvalue weighted by Crippen LogP contribution is 2.20. The van der Waals surface area contributed by atoms with Gasteiger partial charge in [0, 0.05) is 31.3 Å². The zero-order valence-electron chi connectivity index (χ0n) is 14.8. The number of sulfone groups is 1. The molecule has 1 fully saturated rings. The SMILES string of the molecule is Cc1nc(CN(C)Cc2cnc(S(C)(=O)=O)n2C[C@H]2CCCO2)cs1. The molecule has 9 heteroatoms. The number of imidazole rings is 1. The first-order valence-corrected chi connectivity index (χ1v) is 11.1. The molecule has 0 amide bonds. The van der Waals surface area contributed by atoms with E-state index in [2.05, 4.69) is 20.2 Å². The van der Waals surface area contributed by atoms with Gasteiger partial charge in [-0.25, -0.2) is 18.4 Å². The molecule has 25 heavy (non-hydrogen) atoms. The fourth-order valence-corrected chi connectivity index (χ4v) is 4.53. The minimum atomic E-state index is -3.38. The Morgan fingerprint density at radius 2 is 2.24 bits per heavy atom. The molecule has 1 aliphatic heterocycles. The van der Waals surface area contributed by atoms with Gasteiger partial charge >= 0.3 is 0 Å². The molecule has 3 heterocycles. The van der Waals surface area contributed by atoms with Crippen LogP contribution in [0.25, 0.3) is 0 Å². The number of ether oxygens (including phenoxy) is 1. The number of rotatable bonds is 7. The van der Waals surface area contributed by atoms with Crippen molar-refractivity contribution in [1.29, 1.82) is 0 Å². The zero-order valence-corrected chi connectivity index (χ0v) is 16.4. The number of thiazole rings is 1. The van der Waals surface area contributed by atoms with Crippen molar-refractivity contribution in [2.24, 2.45) is 0 Å². The highest BCUT2D eigenvalue weighted by molar-refractivity contribution is 7.90. The molecular formula is C16H24N4O3S2. The Hall–Kier alpha value is -1.29. The average Bonchev–Trinajstić information content (AvgIpc) is 3.22. The van der Waals surface area contributed by atoms with Crippen LogP contribution in [0.3, 0.4) is 0 Å². The molecule has 0 spiro atoms. The van der Waals surface area contributed by atoms with Crippen molar-refractivity contribution >= 4 is 21.2 Å². The largest absolute Gasteiger partial charge is 0.376 e. The van der Waals surface area contributed by atoms with Crippen LogP contribution in [-0.2, 0) is 34.2 Å². The molecule has 1 saturated heterocycles. The number of aromatic nitrogens is 3. The average molecular weight is 385 g/mol. The summed E-state index contributed by atoms with van der Waals surface area (Å²) in [5.41, 5.74) is 1.91. The fraction of sp³-hybridized carbons (Fsp3) is 0.625. The van der Waals surface area contributed by atoms with Crippen LogP contribution in [0.5, 0.6) is 0 Å². The highest BCUT2D eigenvalue weighted by atomic mass is 32.2. The maximum Gasteiger partial charge on any atom is 0.227 e. The Morgan fingerprint density at radius 1 is 1.44 bits per heavy atom. The second-order valence-corrected chi connectivity index (χ2v) is 9.55. The fourth-order valence-electron chi connectivity index (χ4n) is 3.09. The molecule has 0 bridgehead atoms. The summed E-state index contributed by atoms with van der Waals surface area (Å²) >= 11 is 1.63. The summed E-state index contributed by atoms with van der Waals surface area (Å²) in [6.07, 6.45) is 4.89. The van der Waals surface area contributed by atoms with Crippen LogP contribution < -0.4 is 0 Å². The van der Waals surface area contributed by atoms with Crippen LogP contribution in [-0.4, -0.2) is 53.9 Å². The number of hydrogen-bond acceptors (Lipinski definition) is 7. The maximum absolute atomic E-state index is 12.1. The third-order valence-electron chi connectivity index (χ3n) is 4.17. The smallest absolute Gasteiger partial charge is 0.227 e. The van der Waals surface area contributed by atoms with Gasteiger partial charge in [0.1, 0.15) is 0 Å². The molecule has 2 aromatic rings. The highest BCUT2D eigenvalue weighted by Gasteiger charge is 2.24. The summed E-state index contributed by atoms with van der Waals surface area (Å²) in [5, 5.41) is 3.22. The summed E-state index contributed by atoms with van der Waals surface area (Å²) in [4.78, 5) is 10.8. The van der Waals surface area contributed by atoms with Gasteiger partial charge in [0.15, 0.2) is 0 Å². The van der Waals surface area contributed by atoms with Crippen molar-refractivity contribution in [2.75, 3.05) is 19.9 Å². The molecule has 138 valence electrons. The third-order valence-corrected chi connectivity index (χ3v) is 5.99. The number of hydrogen-bond donors (Lipinski definition) is 0. The molecule has 0 unspecified atom stereocenters. The molecule has 0 N–H and O–H groups in total. The third kappa shape index (κ3) is 4.66. The topological polar surface area (TPSA) is 77.3 Å². The predicted molar refractivity (Wildman–Crippen MR) is 96.3 cm³/mol. The van der Waals surface area contributed by atoms with Gasteiger partial charge in [0.05, 0.1) is 35.2 Å². The first kappa shape index (κ1) is 18.5. The minimum Gasteiger partial charge on any atom is -0.376 e. The van der Waals surface area contributed by atoms with Crippen LogP contribution in [0.4, 0.5) is 0 Å². The van der Waals surface area contributed by atoms with Crippen molar-refractivity contribution < 1.29 is 13.2 Å². The second kappa shape index (κ2) is 7.53. The molecular weight excluding hydrogens is 360 g/mol. The molecule has 0 radical (unpaired) electrons. The Labute approximate surface area is 152 Å². The first-order chi connectivity index (χ1) is 11.8. The van der Waals surface area contributed by atoms with Gasteiger partial charge < -0.3 is 9.30 Å². The van der Waals surface area contributed by atoms with Crippen molar-refractivity contribution in [3.05, 3.63) is 28.0 Å². The molecule has 0 saturated carbocycles. The monoisotopic (exact) mass is 384 g/mol. The van der Waals surface area contributed by atoms with E-state index in [4.69, 9.17) is 4.74 Å². The van der Waals surface area contributed by atoms with E-state index >= 15 is 0 Å². The summed E-state index contributed by atoms with van der Waals surface area (Å²) in [5.74, 6) is 0. The summed E-state index contributed by atoms with van der Waals surface area (Å²) < 4.78 is 31.6. The lowest BCUT2D eigenvalue weighted by Gasteiger charge is -2.19. The summed E-state index contributed by atoms with van der Waals surface area (Å²) in [6.45, 7) is 4.58. The van der Waals surface area contributed by atoms with Gasteiger partial charge in [-0.2, -0.15) is 0 Å². The first-order valence-electron chi connectivity index (χ1n) is 8.28. The standard InChI is InChI=1S/C16H24N4O3S2/c1-12-18-13(11-24-12)8-19(2)9-14-7-17-16(25(3,21)22)20(14)10-15-5-4-6-23-15/h7,11,15H,4-6,8-10H2,1-3H3/t15-/m1/s1. The lowest BCUT2D eigenvalue weighted by Crippen LogP contribution is -2.24. The van der Waals surface area contributed by atoms with Crippen molar-refractivity contribution in [1.82, 2.24) is 19.4 Å². The molecule has 0 aliphatic carbocycles. The Bertz CT molecular complexity index is 822. The minimum absolute atomic E-state index is 0.0555. The molecule has 0 aromatic carbocycles. The molecule has 3 rings (SSSR count). The Balaban J connectivity index is 1.78. The molecule has 1 aliphatic rings.